The van der Waals surface area contributed by atoms with Crippen LogP contribution in [0.4, 0.5) is 5.69 Å². The zero-order valence-corrected chi connectivity index (χ0v) is 16.9. The van der Waals surface area contributed by atoms with Gasteiger partial charge in [0.2, 0.25) is 10.0 Å². The van der Waals surface area contributed by atoms with Gasteiger partial charge in [0.15, 0.2) is 0 Å². The minimum atomic E-state index is -3.65. The van der Waals surface area contributed by atoms with Crippen LogP contribution < -0.4 is 4.90 Å². The Kier molecular flexibility index (Phi) is 5.30. The number of ether oxygens (including phenoxy) is 1. The van der Waals surface area contributed by atoms with E-state index < -0.39 is 16.0 Å². The van der Waals surface area contributed by atoms with Crippen molar-refractivity contribution in [2.24, 2.45) is 7.05 Å². The molecule has 2 aromatic rings. The number of nitrogens with zero attached hydrogens (tertiary/aromatic N) is 3. The van der Waals surface area contributed by atoms with Crippen LogP contribution in [0.5, 0.6) is 0 Å². The Morgan fingerprint density at radius 3 is 2.41 bits per heavy atom. The predicted molar refractivity (Wildman–Crippen MR) is 104 cm³/mol. The molecule has 1 saturated heterocycles. The zero-order valence-electron chi connectivity index (χ0n) is 16.1. The van der Waals surface area contributed by atoms with Crippen molar-refractivity contribution >= 4 is 21.7 Å². The molecule has 1 aromatic heterocycles. The van der Waals surface area contributed by atoms with E-state index in [2.05, 4.69) is 30.9 Å². The lowest BCUT2D eigenvalue weighted by Gasteiger charge is -2.36. The molecule has 1 aliphatic rings. The highest BCUT2D eigenvalue weighted by molar-refractivity contribution is 7.89. The quantitative estimate of drug-likeness (QED) is 0.745. The topological polar surface area (TPSA) is 71.8 Å². The lowest BCUT2D eigenvalue weighted by atomic mass is 10.1. The summed E-state index contributed by atoms with van der Waals surface area (Å²) in [7, 11) is -0.749. The number of esters is 1. The van der Waals surface area contributed by atoms with Crippen molar-refractivity contribution in [1.82, 2.24) is 8.87 Å². The van der Waals surface area contributed by atoms with Gasteiger partial charge in [-0.15, -0.1) is 0 Å². The van der Waals surface area contributed by atoms with E-state index in [1.165, 1.54) is 39.4 Å². The van der Waals surface area contributed by atoms with E-state index in [1.807, 2.05) is 6.07 Å². The fourth-order valence-electron chi connectivity index (χ4n) is 3.38. The maximum absolute atomic E-state index is 13.0. The molecule has 0 spiro atoms. The molecular formula is C19H25N3O4S. The molecular weight excluding hydrogens is 366 g/mol. The van der Waals surface area contributed by atoms with Crippen LogP contribution in [0.25, 0.3) is 0 Å². The maximum Gasteiger partial charge on any atom is 0.354 e. The summed E-state index contributed by atoms with van der Waals surface area (Å²) >= 11 is 0. The van der Waals surface area contributed by atoms with Crippen LogP contribution in [0.15, 0.2) is 35.4 Å². The van der Waals surface area contributed by atoms with E-state index in [4.69, 9.17) is 4.74 Å². The first-order valence-corrected chi connectivity index (χ1v) is 10.3. The molecule has 0 saturated carbocycles. The highest BCUT2D eigenvalue weighted by atomic mass is 32.2. The van der Waals surface area contributed by atoms with Crippen LogP contribution in [0.1, 0.15) is 21.6 Å². The number of anilines is 1. The number of hydrogen-bond donors (Lipinski definition) is 0. The lowest BCUT2D eigenvalue weighted by molar-refractivity contribution is 0.0590. The van der Waals surface area contributed by atoms with E-state index in [1.54, 1.807) is 7.05 Å². The highest BCUT2D eigenvalue weighted by Crippen LogP contribution is 2.26. The molecule has 146 valence electrons. The molecule has 0 aliphatic carbocycles. The van der Waals surface area contributed by atoms with Gasteiger partial charge < -0.3 is 14.2 Å². The maximum atomic E-state index is 13.0. The van der Waals surface area contributed by atoms with Crippen molar-refractivity contribution in [3.63, 3.8) is 0 Å². The average molecular weight is 391 g/mol. The van der Waals surface area contributed by atoms with Crippen molar-refractivity contribution in [1.29, 1.82) is 0 Å². The third-order valence-electron chi connectivity index (χ3n) is 5.17. The van der Waals surface area contributed by atoms with E-state index >= 15 is 0 Å². The fourth-order valence-corrected chi connectivity index (χ4v) is 4.87. The number of methoxy groups -OCH3 is 1. The average Bonchev–Trinajstić information content (AvgIpc) is 3.06. The number of benzene rings is 1. The molecule has 0 atom stereocenters. The van der Waals surface area contributed by atoms with Gasteiger partial charge in [0, 0.05) is 45.1 Å². The van der Waals surface area contributed by atoms with E-state index in [9.17, 15) is 13.2 Å². The Bertz CT molecular complexity index is 957. The molecule has 1 aliphatic heterocycles. The van der Waals surface area contributed by atoms with Gasteiger partial charge in [0.05, 0.1) is 7.11 Å². The molecule has 27 heavy (non-hydrogen) atoms. The van der Waals surface area contributed by atoms with Crippen molar-refractivity contribution in [2.45, 2.75) is 18.7 Å². The molecule has 0 amide bonds. The summed E-state index contributed by atoms with van der Waals surface area (Å²) in [4.78, 5) is 14.1. The van der Waals surface area contributed by atoms with E-state index in [-0.39, 0.29) is 10.6 Å². The number of carbonyl (C=O) groups is 1. The number of carbonyl (C=O) groups excluding carboxylic acids is 1. The second-order valence-electron chi connectivity index (χ2n) is 6.77. The monoisotopic (exact) mass is 391 g/mol. The van der Waals surface area contributed by atoms with Gasteiger partial charge in [0.25, 0.3) is 0 Å². The summed E-state index contributed by atoms with van der Waals surface area (Å²) in [5.74, 6) is -0.557. The smallest absolute Gasteiger partial charge is 0.354 e. The Balaban J connectivity index is 1.77. The predicted octanol–water partition coefficient (Wildman–Crippen LogP) is 1.94. The molecule has 8 heteroatoms. The van der Waals surface area contributed by atoms with Gasteiger partial charge in [0.1, 0.15) is 10.6 Å². The second-order valence-corrected chi connectivity index (χ2v) is 8.71. The van der Waals surface area contributed by atoms with Gasteiger partial charge in [-0.3, -0.25) is 0 Å². The van der Waals surface area contributed by atoms with Crippen molar-refractivity contribution < 1.29 is 17.9 Å². The summed E-state index contributed by atoms with van der Waals surface area (Å²) in [5.41, 5.74) is 3.81. The van der Waals surface area contributed by atoms with E-state index in [0.717, 1.165) is 5.69 Å². The minimum Gasteiger partial charge on any atom is -0.464 e. The number of rotatable bonds is 4. The largest absolute Gasteiger partial charge is 0.464 e. The Morgan fingerprint density at radius 2 is 1.78 bits per heavy atom. The van der Waals surface area contributed by atoms with Crippen LogP contribution in [0.2, 0.25) is 0 Å². The van der Waals surface area contributed by atoms with Crippen molar-refractivity contribution in [2.75, 3.05) is 38.2 Å². The standard InChI is InChI=1S/C19H25N3O4S/c1-14-6-5-7-17(15(14)2)21-8-10-22(11-9-21)27(24,25)16-12-18(19(23)26-4)20(3)13-16/h5-7,12-13H,8-11H2,1-4H3. The number of sulfonamides is 1. The van der Waals surface area contributed by atoms with Crippen molar-refractivity contribution in [3.8, 4) is 0 Å². The molecule has 3 rings (SSSR count). The molecule has 0 bridgehead atoms. The molecule has 0 N–H and O–H groups in total. The van der Waals surface area contributed by atoms with Crippen LogP contribution in [-0.4, -0.2) is 56.5 Å². The first-order chi connectivity index (χ1) is 12.8. The van der Waals surface area contributed by atoms with E-state index in [0.29, 0.717) is 26.2 Å². The molecule has 7 nitrogen and oxygen atoms in total. The number of hydrogen-bond acceptors (Lipinski definition) is 5. The summed E-state index contributed by atoms with van der Waals surface area (Å²) < 4.78 is 33.6. The SMILES string of the molecule is COC(=O)c1cc(S(=O)(=O)N2CCN(c3cccc(C)c3C)CC2)cn1C. The summed E-state index contributed by atoms with van der Waals surface area (Å²) in [6, 6.07) is 7.55. The van der Waals surface area contributed by atoms with Gasteiger partial charge in [-0.1, -0.05) is 12.1 Å². The van der Waals surface area contributed by atoms with Crippen molar-refractivity contribution in [3.05, 3.63) is 47.3 Å². The first-order valence-electron chi connectivity index (χ1n) is 8.81. The molecule has 0 unspecified atom stereocenters. The third kappa shape index (κ3) is 3.59. The van der Waals surface area contributed by atoms with Gasteiger partial charge in [-0.05, 0) is 37.1 Å². The van der Waals surface area contributed by atoms with Crippen LogP contribution in [0, 0.1) is 13.8 Å². The Morgan fingerprint density at radius 1 is 1.11 bits per heavy atom. The number of aryl methyl sites for hydroxylation is 2. The number of piperazine rings is 1. The minimum absolute atomic E-state index is 0.116. The summed E-state index contributed by atoms with van der Waals surface area (Å²) in [6.07, 6.45) is 1.46. The second kappa shape index (κ2) is 7.36. The lowest BCUT2D eigenvalue weighted by Crippen LogP contribution is -2.48. The summed E-state index contributed by atoms with van der Waals surface area (Å²) in [5, 5.41) is 0. The Labute approximate surface area is 160 Å². The molecule has 2 heterocycles. The van der Waals surface area contributed by atoms with Crippen LogP contribution >= 0.6 is 0 Å². The fraction of sp³-hybridized carbons (Fsp3) is 0.421. The normalized spacial score (nSPS) is 15.8. The first kappa shape index (κ1) is 19.4. The van der Waals surface area contributed by atoms with Gasteiger partial charge in [-0.25, -0.2) is 13.2 Å². The third-order valence-corrected chi connectivity index (χ3v) is 7.03. The Hall–Kier alpha value is -2.32. The van der Waals surface area contributed by atoms with Crippen LogP contribution in [0.3, 0.4) is 0 Å². The van der Waals surface area contributed by atoms with Crippen LogP contribution in [-0.2, 0) is 21.8 Å². The van der Waals surface area contributed by atoms with Gasteiger partial charge >= 0.3 is 5.97 Å². The highest BCUT2D eigenvalue weighted by Gasteiger charge is 2.31. The zero-order chi connectivity index (χ0) is 19.8. The number of aromatic nitrogens is 1. The summed E-state index contributed by atoms with van der Waals surface area (Å²) in [6.45, 7) is 6.22. The molecule has 0 radical (unpaired) electrons. The van der Waals surface area contributed by atoms with Gasteiger partial charge in [-0.2, -0.15) is 4.31 Å². The molecule has 1 fully saturated rings. The molecule has 1 aromatic carbocycles.